The highest BCUT2D eigenvalue weighted by Gasteiger charge is 2.34. The summed E-state index contributed by atoms with van der Waals surface area (Å²) in [6, 6.07) is 5.09. The Bertz CT molecular complexity index is 998. The van der Waals surface area contributed by atoms with Gasteiger partial charge in [0.15, 0.2) is 5.82 Å². The fraction of sp³-hybridized carbons (Fsp3) is 0.250. The molecule has 1 saturated heterocycles. The molecule has 0 unspecified atom stereocenters. The van der Waals surface area contributed by atoms with Crippen LogP contribution in [0.25, 0.3) is 5.69 Å². The molecule has 0 aliphatic carbocycles. The summed E-state index contributed by atoms with van der Waals surface area (Å²) in [5.41, 5.74) is 1.40. The zero-order valence-corrected chi connectivity index (χ0v) is 13.4. The van der Waals surface area contributed by atoms with Crippen LogP contribution in [0.15, 0.2) is 35.4 Å². The summed E-state index contributed by atoms with van der Waals surface area (Å²) >= 11 is 0. The van der Waals surface area contributed by atoms with Gasteiger partial charge in [-0.05, 0) is 18.6 Å². The molecule has 0 spiro atoms. The lowest BCUT2D eigenvalue weighted by Gasteiger charge is -2.37. The molecule has 2 N–H and O–H groups in total. The molecule has 1 aromatic carbocycles. The number of aromatic nitrogens is 5. The molecular formula is C16H15FN6O2. The highest BCUT2D eigenvalue weighted by Crippen LogP contribution is 2.27. The molecule has 9 heteroatoms. The van der Waals surface area contributed by atoms with Gasteiger partial charge in [0.1, 0.15) is 11.4 Å². The summed E-state index contributed by atoms with van der Waals surface area (Å²) in [4.78, 5) is 29.7. The number of nitrogens with one attached hydrogen (secondary N) is 2. The lowest BCUT2D eigenvalue weighted by molar-refractivity contribution is 0.0593. The van der Waals surface area contributed by atoms with Gasteiger partial charge in [0.25, 0.3) is 5.91 Å². The fourth-order valence-corrected chi connectivity index (χ4v) is 2.84. The number of benzene rings is 1. The lowest BCUT2D eigenvalue weighted by Crippen LogP contribution is -2.48. The van der Waals surface area contributed by atoms with Crippen molar-refractivity contribution in [3.8, 4) is 5.69 Å². The highest BCUT2D eigenvalue weighted by atomic mass is 19.1. The van der Waals surface area contributed by atoms with Crippen LogP contribution in [-0.2, 0) is 0 Å². The average Bonchev–Trinajstić information content (AvgIpc) is 3.18. The van der Waals surface area contributed by atoms with E-state index < -0.39 is 5.69 Å². The largest absolute Gasteiger partial charge is 0.336 e. The SMILES string of the molecule is Cc1cccc(-n2cc(C3CN(C(=O)c4c[nH]c(=O)[nH]4)C3)nn2)c1F. The number of hydrogen-bond donors (Lipinski definition) is 2. The van der Waals surface area contributed by atoms with E-state index in [0.29, 0.717) is 30.0 Å². The summed E-state index contributed by atoms with van der Waals surface area (Å²) in [6.45, 7) is 2.64. The van der Waals surface area contributed by atoms with E-state index in [4.69, 9.17) is 0 Å². The van der Waals surface area contributed by atoms with Crippen molar-refractivity contribution in [3.05, 3.63) is 63.8 Å². The first-order valence-electron chi connectivity index (χ1n) is 7.77. The number of carbonyl (C=O) groups is 1. The van der Waals surface area contributed by atoms with E-state index in [2.05, 4.69) is 20.3 Å². The van der Waals surface area contributed by atoms with Crippen molar-refractivity contribution >= 4 is 5.91 Å². The van der Waals surface area contributed by atoms with E-state index in [1.165, 1.54) is 10.9 Å². The number of amides is 1. The first-order chi connectivity index (χ1) is 12.0. The van der Waals surface area contributed by atoms with Crippen molar-refractivity contribution in [1.29, 1.82) is 0 Å². The van der Waals surface area contributed by atoms with Crippen molar-refractivity contribution < 1.29 is 9.18 Å². The van der Waals surface area contributed by atoms with Crippen molar-refractivity contribution in [2.45, 2.75) is 12.8 Å². The molecule has 1 aliphatic heterocycles. The number of rotatable bonds is 3. The van der Waals surface area contributed by atoms with E-state index in [0.717, 1.165) is 0 Å². The summed E-state index contributed by atoms with van der Waals surface area (Å²) in [6.07, 6.45) is 3.04. The number of likely N-dealkylation sites (tertiary alicyclic amines) is 1. The van der Waals surface area contributed by atoms with Crippen LogP contribution in [0.1, 0.15) is 27.7 Å². The molecule has 1 amide bonds. The zero-order valence-electron chi connectivity index (χ0n) is 13.4. The Morgan fingerprint density at radius 1 is 1.36 bits per heavy atom. The van der Waals surface area contributed by atoms with Crippen LogP contribution in [0.4, 0.5) is 4.39 Å². The number of carbonyl (C=O) groups excluding carboxylic acids is 1. The maximum absolute atomic E-state index is 14.2. The molecular weight excluding hydrogens is 327 g/mol. The standard InChI is InChI=1S/C16H15FN6O2/c1-9-3-2-4-13(14(9)17)23-8-12(20-21-23)10-6-22(7-10)15(24)11-5-18-16(25)19-11/h2-5,8,10H,6-7H2,1H3,(H2,18,19,25). The number of imidazole rings is 1. The van der Waals surface area contributed by atoms with Gasteiger partial charge in [-0.3, -0.25) is 4.79 Å². The molecule has 0 atom stereocenters. The number of aromatic amines is 2. The van der Waals surface area contributed by atoms with Crippen LogP contribution >= 0.6 is 0 Å². The Kier molecular flexibility index (Phi) is 3.48. The van der Waals surface area contributed by atoms with E-state index in [-0.39, 0.29) is 23.3 Å². The first kappa shape index (κ1) is 15.3. The van der Waals surface area contributed by atoms with Crippen molar-refractivity contribution in [2.75, 3.05) is 13.1 Å². The maximum atomic E-state index is 14.2. The number of hydrogen-bond acceptors (Lipinski definition) is 4. The van der Waals surface area contributed by atoms with Gasteiger partial charge in [-0.1, -0.05) is 17.3 Å². The second-order valence-corrected chi connectivity index (χ2v) is 6.06. The van der Waals surface area contributed by atoms with Crippen LogP contribution in [0, 0.1) is 12.7 Å². The normalized spacial score (nSPS) is 14.6. The smallest absolute Gasteiger partial charge is 0.323 e. The molecule has 0 radical (unpaired) electrons. The van der Waals surface area contributed by atoms with Gasteiger partial charge in [0, 0.05) is 25.2 Å². The first-order valence-corrected chi connectivity index (χ1v) is 7.77. The summed E-state index contributed by atoms with van der Waals surface area (Å²) in [7, 11) is 0. The summed E-state index contributed by atoms with van der Waals surface area (Å²) in [5, 5.41) is 8.09. The number of aryl methyl sites for hydroxylation is 1. The van der Waals surface area contributed by atoms with Gasteiger partial charge in [-0.2, -0.15) is 0 Å². The predicted molar refractivity (Wildman–Crippen MR) is 86.1 cm³/mol. The predicted octanol–water partition coefficient (Wildman–Crippen LogP) is 0.971. The minimum absolute atomic E-state index is 0.0382. The van der Waals surface area contributed by atoms with Crippen LogP contribution in [0.5, 0.6) is 0 Å². The topological polar surface area (TPSA) is 99.7 Å². The van der Waals surface area contributed by atoms with Gasteiger partial charge in [0.2, 0.25) is 0 Å². The second-order valence-electron chi connectivity index (χ2n) is 6.06. The molecule has 1 aliphatic rings. The number of nitrogens with zero attached hydrogens (tertiary/aromatic N) is 4. The average molecular weight is 342 g/mol. The number of halogens is 1. The van der Waals surface area contributed by atoms with Gasteiger partial charge in [-0.15, -0.1) is 5.10 Å². The molecule has 2 aromatic heterocycles. The van der Waals surface area contributed by atoms with Gasteiger partial charge < -0.3 is 14.9 Å². The zero-order chi connectivity index (χ0) is 17.6. The molecule has 25 heavy (non-hydrogen) atoms. The molecule has 0 saturated carbocycles. The quantitative estimate of drug-likeness (QED) is 0.741. The van der Waals surface area contributed by atoms with Crippen molar-refractivity contribution in [2.24, 2.45) is 0 Å². The second kappa shape index (κ2) is 5.69. The number of H-pyrrole nitrogens is 2. The Labute approximate surface area is 141 Å². The van der Waals surface area contributed by atoms with Gasteiger partial charge >= 0.3 is 5.69 Å². The minimum atomic E-state index is -0.413. The van der Waals surface area contributed by atoms with Crippen molar-refractivity contribution in [1.82, 2.24) is 29.9 Å². The summed E-state index contributed by atoms with van der Waals surface area (Å²) < 4.78 is 15.6. The molecule has 3 aromatic rings. The third-order valence-corrected chi connectivity index (χ3v) is 4.34. The molecule has 8 nitrogen and oxygen atoms in total. The molecule has 4 rings (SSSR count). The highest BCUT2D eigenvalue weighted by molar-refractivity contribution is 5.92. The lowest BCUT2D eigenvalue weighted by atomic mass is 9.96. The monoisotopic (exact) mass is 342 g/mol. The van der Waals surface area contributed by atoms with E-state index >= 15 is 0 Å². The van der Waals surface area contributed by atoms with E-state index in [9.17, 15) is 14.0 Å². The molecule has 1 fully saturated rings. The van der Waals surface area contributed by atoms with E-state index in [1.807, 2.05) is 0 Å². The third kappa shape index (κ3) is 2.63. The Balaban J connectivity index is 1.47. The minimum Gasteiger partial charge on any atom is -0.336 e. The molecule has 3 heterocycles. The maximum Gasteiger partial charge on any atom is 0.323 e. The van der Waals surface area contributed by atoms with Gasteiger partial charge in [-0.25, -0.2) is 13.9 Å². The van der Waals surface area contributed by atoms with E-state index in [1.54, 1.807) is 36.2 Å². The van der Waals surface area contributed by atoms with Crippen LogP contribution in [0.2, 0.25) is 0 Å². The Morgan fingerprint density at radius 3 is 2.88 bits per heavy atom. The van der Waals surface area contributed by atoms with Crippen molar-refractivity contribution in [3.63, 3.8) is 0 Å². The van der Waals surface area contributed by atoms with Crippen LogP contribution in [0.3, 0.4) is 0 Å². The van der Waals surface area contributed by atoms with Gasteiger partial charge in [0.05, 0.1) is 11.9 Å². The summed E-state index contributed by atoms with van der Waals surface area (Å²) in [5.74, 6) is -0.538. The third-order valence-electron chi connectivity index (χ3n) is 4.34. The Morgan fingerprint density at radius 2 is 2.16 bits per heavy atom. The molecule has 128 valence electrons. The Hall–Kier alpha value is -3.23. The fourth-order valence-electron chi connectivity index (χ4n) is 2.84. The molecule has 0 bridgehead atoms. The van der Waals surface area contributed by atoms with Crippen LogP contribution < -0.4 is 5.69 Å². The van der Waals surface area contributed by atoms with Crippen LogP contribution in [-0.4, -0.2) is 48.9 Å².